The lowest BCUT2D eigenvalue weighted by atomic mass is 10.1. The predicted octanol–water partition coefficient (Wildman–Crippen LogP) is 7.11. The van der Waals surface area contributed by atoms with E-state index in [-0.39, 0.29) is 0 Å². The Morgan fingerprint density at radius 1 is 0.778 bits per heavy atom. The van der Waals surface area contributed by atoms with Crippen molar-refractivity contribution < 1.29 is 4.74 Å². The maximum atomic E-state index is 5.85. The second-order valence-electron chi connectivity index (χ2n) is 8.92. The molecule has 2 heterocycles. The summed E-state index contributed by atoms with van der Waals surface area (Å²) in [6.45, 7) is 2.13. The minimum absolute atomic E-state index is 0.517. The molecular weight excluding hydrogens is 444 g/mol. The van der Waals surface area contributed by atoms with Crippen LogP contribution in [0, 0.1) is 0 Å². The van der Waals surface area contributed by atoms with Crippen molar-refractivity contribution in [2.45, 2.75) is 25.9 Å². The molecule has 0 aliphatic rings. The smallest absolute Gasteiger partial charge is 0.0888 e. The van der Waals surface area contributed by atoms with E-state index in [9.17, 15) is 0 Å². The lowest BCUT2D eigenvalue weighted by Gasteiger charge is -2.10. The fraction of sp³-hybridized carbons (Fsp3) is 0.194. The van der Waals surface area contributed by atoms with Crippen molar-refractivity contribution >= 4 is 28.0 Å². The van der Waals surface area contributed by atoms with Crippen LogP contribution < -0.4 is 10.6 Å². The number of para-hydroxylation sites is 1. The molecule has 0 radical (unpaired) electrons. The zero-order chi connectivity index (χ0) is 24.4. The Balaban J connectivity index is 1.06. The Bertz CT molecular complexity index is 1360. The molecule has 0 aliphatic heterocycles. The number of nitrogens with zero attached hydrogens (tertiary/aromatic N) is 1. The number of rotatable bonds is 12. The molecule has 3 aromatic carbocycles. The molecule has 182 valence electrons. The molecular formula is C31H32N4O. The van der Waals surface area contributed by atoms with Crippen LogP contribution >= 0.6 is 0 Å². The average Bonchev–Trinajstić information content (AvgIpc) is 3.33. The highest BCUT2D eigenvalue weighted by Gasteiger charge is 2.03. The van der Waals surface area contributed by atoms with Crippen LogP contribution in [-0.2, 0) is 24.2 Å². The van der Waals surface area contributed by atoms with E-state index in [1.54, 1.807) is 0 Å². The first-order valence-corrected chi connectivity index (χ1v) is 12.6. The van der Waals surface area contributed by atoms with Crippen LogP contribution in [0.25, 0.3) is 10.9 Å². The topological polar surface area (TPSA) is 62.0 Å². The number of ether oxygens (including phenoxy) is 1. The largest absolute Gasteiger partial charge is 0.385 e. The number of hydrogen-bond acceptors (Lipinski definition) is 4. The van der Waals surface area contributed by atoms with Crippen LogP contribution in [0.5, 0.6) is 0 Å². The Kier molecular flexibility index (Phi) is 7.91. The molecule has 2 aromatic heterocycles. The summed E-state index contributed by atoms with van der Waals surface area (Å²) in [5.74, 6) is 0. The standard InChI is InChI=1S/C31H32N4O/c1-2-7-24(8-3-1)9-6-20-36-23-29-21-28(17-19-33-29)35-27-14-12-26(13-15-27)32-18-16-25-22-34-31-11-5-4-10-30(25)31/h1-5,7-8,10-15,17,19,21-22,32,34H,6,9,16,18,20,23H2,(H,33,35). The van der Waals surface area contributed by atoms with E-state index in [2.05, 4.69) is 99.6 Å². The number of aryl methyl sites for hydroxylation is 1. The lowest BCUT2D eigenvalue weighted by molar-refractivity contribution is 0.116. The third kappa shape index (κ3) is 6.52. The molecule has 3 N–H and O–H groups in total. The van der Waals surface area contributed by atoms with Gasteiger partial charge in [0.15, 0.2) is 0 Å². The van der Waals surface area contributed by atoms with Crippen LogP contribution in [0.4, 0.5) is 17.1 Å². The molecule has 0 saturated carbocycles. The summed E-state index contributed by atoms with van der Waals surface area (Å²) in [6.07, 6.45) is 6.94. The van der Waals surface area contributed by atoms with Crippen molar-refractivity contribution in [3.8, 4) is 0 Å². The van der Waals surface area contributed by atoms with Crippen molar-refractivity contribution in [1.82, 2.24) is 9.97 Å². The highest BCUT2D eigenvalue weighted by Crippen LogP contribution is 2.21. The molecule has 0 aliphatic carbocycles. The van der Waals surface area contributed by atoms with Crippen LogP contribution in [0.2, 0.25) is 0 Å². The molecule has 0 spiro atoms. The van der Waals surface area contributed by atoms with Gasteiger partial charge in [-0.2, -0.15) is 0 Å². The van der Waals surface area contributed by atoms with Gasteiger partial charge in [0.2, 0.25) is 0 Å². The summed E-state index contributed by atoms with van der Waals surface area (Å²) in [5, 5.41) is 8.29. The number of hydrogen-bond donors (Lipinski definition) is 3. The van der Waals surface area contributed by atoms with E-state index < -0.39 is 0 Å². The van der Waals surface area contributed by atoms with Gasteiger partial charge in [0.05, 0.1) is 12.3 Å². The van der Waals surface area contributed by atoms with E-state index in [0.29, 0.717) is 6.61 Å². The van der Waals surface area contributed by atoms with Gasteiger partial charge in [-0.25, -0.2) is 0 Å². The SMILES string of the molecule is c1ccc(CCCOCc2cc(Nc3ccc(NCCc4c[nH]c5ccccc45)cc3)ccn2)cc1. The van der Waals surface area contributed by atoms with Crippen LogP contribution in [-0.4, -0.2) is 23.1 Å². The van der Waals surface area contributed by atoms with Crippen molar-refractivity contribution in [2.24, 2.45) is 0 Å². The molecule has 36 heavy (non-hydrogen) atoms. The van der Waals surface area contributed by atoms with Gasteiger partial charge in [0.1, 0.15) is 0 Å². The zero-order valence-electron chi connectivity index (χ0n) is 20.4. The average molecular weight is 477 g/mol. The van der Waals surface area contributed by atoms with E-state index >= 15 is 0 Å². The van der Waals surface area contributed by atoms with Gasteiger partial charge in [-0.05, 0) is 72.9 Å². The number of aromatic nitrogens is 2. The van der Waals surface area contributed by atoms with Crippen molar-refractivity contribution in [1.29, 1.82) is 0 Å². The fourth-order valence-electron chi connectivity index (χ4n) is 4.35. The molecule has 0 bridgehead atoms. The minimum atomic E-state index is 0.517. The molecule has 5 aromatic rings. The monoisotopic (exact) mass is 476 g/mol. The quantitative estimate of drug-likeness (QED) is 0.168. The molecule has 0 unspecified atom stereocenters. The number of H-pyrrole nitrogens is 1. The molecule has 5 rings (SSSR count). The predicted molar refractivity (Wildman–Crippen MR) is 149 cm³/mol. The van der Waals surface area contributed by atoms with Crippen LogP contribution in [0.1, 0.15) is 23.2 Å². The molecule has 0 atom stereocenters. The van der Waals surface area contributed by atoms with Gasteiger partial charge in [-0.3, -0.25) is 4.98 Å². The lowest BCUT2D eigenvalue weighted by Crippen LogP contribution is -2.04. The van der Waals surface area contributed by atoms with Gasteiger partial charge in [0, 0.05) is 53.5 Å². The van der Waals surface area contributed by atoms with Gasteiger partial charge < -0.3 is 20.4 Å². The van der Waals surface area contributed by atoms with Crippen LogP contribution in [0.3, 0.4) is 0 Å². The maximum absolute atomic E-state index is 5.85. The summed E-state index contributed by atoms with van der Waals surface area (Å²) in [5.41, 5.74) is 7.96. The third-order valence-corrected chi connectivity index (χ3v) is 6.24. The number of fused-ring (bicyclic) bond motifs is 1. The molecule has 0 saturated heterocycles. The second-order valence-corrected chi connectivity index (χ2v) is 8.92. The first-order chi connectivity index (χ1) is 17.8. The summed E-state index contributed by atoms with van der Waals surface area (Å²) >= 11 is 0. The molecule has 0 fully saturated rings. The van der Waals surface area contributed by atoms with E-state index in [4.69, 9.17) is 4.74 Å². The minimum Gasteiger partial charge on any atom is -0.385 e. The number of benzene rings is 3. The molecule has 5 nitrogen and oxygen atoms in total. The van der Waals surface area contributed by atoms with E-state index in [0.717, 1.165) is 55.2 Å². The summed E-state index contributed by atoms with van der Waals surface area (Å²) < 4.78 is 5.85. The van der Waals surface area contributed by atoms with E-state index in [1.165, 1.54) is 22.0 Å². The van der Waals surface area contributed by atoms with Crippen LogP contribution in [0.15, 0.2) is 103 Å². The van der Waals surface area contributed by atoms with Gasteiger partial charge in [0.25, 0.3) is 0 Å². The van der Waals surface area contributed by atoms with Crippen molar-refractivity contribution in [2.75, 3.05) is 23.8 Å². The van der Waals surface area contributed by atoms with Crippen molar-refractivity contribution in [3.63, 3.8) is 0 Å². The number of anilines is 3. The zero-order valence-corrected chi connectivity index (χ0v) is 20.4. The molecule has 5 heteroatoms. The third-order valence-electron chi connectivity index (χ3n) is 6.24. The summed E-state index contributed by atoms with van der Waals surface area (Å²) in [6, 6.07) is 31.4. The summed E-state index contributed by atoms with van der Waals surface area (Å²) in [7, 11) is 0. The van der Waals surface area contributed by atoms with Gasteiger partial charge in [-0.1, -0.05) is 48.5 Å². The second kappa shape index (κ2) is 12.0. The Morgan fingerprint density at radius 3 is 2.47 bits per heavy atom. The number of nitrogens with one attached hydrogen (secondary N) is 3. The highest BCUT2D eigenvalue weighted by molar-refractivity contribution is 5.83. The number of pyridine rings is 1. The fourth-order valence-corrected chi connectivity index (χ4v) is 4.35. The Morgan fingerprint density at radius 2 is 1.58 bits per heavy atom. The Hall–Kier alpha value is -4.09. The first kappa shape index (κ1) is 23.6. The normalized spacial score (nSPS) is 11.0. The van der Waals surface area contributed by atoms with E-state index in [1.807, 2.05) is 24.4 Å². The maximum Gasteiger partial charge on any atom is 0.0888 e. The first-order valence-electron chi connectivity index (χ1n) is 12.6. The van der Waals surface area contributed by atoms with Crippen molar-refractivity contribution in [3.05, 3.63) is 120 Å². The van der Waals surface area contributed by atoms with Gasteiger partial charge >= 0.3 is 0 Å². The number of aromatic amines is 1. The highest BCUT2D eigenvalue weighted by atomic mass is 16.5. The Labute approximate surface area is 212 Å². The van der Waals surface area contributed by atoms with Gasteiger partial charge in [-0.15, -0.1) is 0 Å². The molecule has 0 amide bonds. The summed E-state index contributed by atoms with van der Waals surface area (Å²) in [4.78, 5) is 7.79.